The smallest absolute Gasteiger partial charge is 0.164 e. The molecule has 10 rings (SSSR count). The molecule has 238 valence electrons. The Morgan fingerprint density at radius 1 is 0.294 bits per heavy atom. The predicted octanol–water partition coefficient (Wildman–Crippen LogP) is 12.4. The molecule has 0 atom stereocenters. The Morgan fingerprint density at radius 2 is 0.745 bits per heavy atom. The van der Waals surface area contributed by atoms with E-state index in [1.807, 2.05) is 24.3 Å². The molecule has 0 unspecified atom stereocenters. The minimum Gasteiger partial charge on any atom is -0.456 e. The molecule has 0 N–H and O–H groups in total. The quantitative estimate of drug-likeness (QED) is 0.174. The zero-order valence-corrected chi connectivity index (χ0v) is 27.5. The second-order valence-corrected chi connectivity index (χ2v) is 12.8. The van der Waals surface area contributed by atoms with Gasteiger partial charge in [-0.3, -0.25) is 0 Å². The van der Waals surface area contributed by atoms with Crippen LogP contribution in [0, 0.1) is 0 Å². The molecule has 0 amide bonds. The van der Waals surface area contributed by atoms with E-state index in [0.29, 0.717) is 17.5 Å². The zero-order valence-electron chi connectivity index (χ0n) is 27.5. The Hall–Kier alpha value is -6.91. The largest absolute Gasteiger partial charge is 0.456 e. The summed E-state index contributed by atoms with van der Waals surface area (Å²) in [5.74, 6) is 1.85. The van der Waals surface area contributed by atoms with E-state index >= 15 is 0 Å². The summed E-state index contributed by atoms with van der Waals surface area (Å²) in [5.41, 5.74) is 9.05. The van der Waals surface area contributed by atoms with Crippen LogP contribution >= 0.6 is 0 Å². The number of hydrogen-bond acceptors (Lipinski definition) is 4. The van der Waals surface area contributed by atoms with E-state index in [-0.39, 0.29) is 0 Å². The van der Waals surface area contributed by atoms with Gasteiger partial charge in [0.2, 0.25) is 0 Å². The molecule has 0 aliphatic rings. The van der Waals surface area contributed by atoms with Crippen molar-refractivity contribution >= 4 is 43.5 Å². The van der Waals surface area contributed by atoms with Crippen LogP contribution in [-0.4, -0.2) is 15.0 Å². The van der Waals surface area contributed by atoms with Crippen LogP contribution < -0.4 is 0 Å². The topological polar surface area (TPSA) is 51.8 Å². The van der Waals surface area contributed by atoms with Crippen molar-refractivity contribution in [1.82, 2.24) is 15.0 Å². The van der Waals surface area contributed by atoms with Crippen LogP contribution in [0.2, 0.25) is 0 Å². The van der Waals surface area contributed by atoms with Gasteiger partial charge in [-0.05, 0) is 62.7 Å². The fourth-order valence-electron chi connectivity index (χ4n) is 7.15. The van der Waals surface area contributed by atoms with Gasteiger partial charge in [-0.1, -0.05) is 152 Å². The average molecular weight is 652 g/mol. The molecular weight excluding hydrogens is 623 g/mol. The lowest BCUT2D eigenvalue weighted by atomic mass is 9.97. The molecule has 0 spiro atoms. The van der Waals surface area contributed by atoms with Crippen LogP contribution in [0.15, 0.2) is 180 Å². The molecule has 0 fully saturated rings. The molecule has 8 aromatic carbocycles. The van der Waals surface area contributed by atoms with Crippen molar-refractivity contribution in [2.24, 2.45) is 0 Å². The molecule has 0 aliphatic carbocycles. The molecule has 0 saturated carbocycles. The fourth-order valence-corrected chi connectivity index (χ4v) is 7.15. The van der Waals surface area contributed by atoms with E-state index < -0.39 is 0 Å². The van der Waals surface area contributed by atoms with Gasteiger partial charge in [0.1, 0.15) is 11.2 Å². The van der Waals surface area contributed by atoms with E-state index in [1.54, 1.807) is 0 Å². The van der Waals surface area contributed by atoms with Crippen molar-refractivity contribution in [3.8, 4) is 56.4 Å². The summed E-state index contributed by atoms with van der Waals surface area (Å²) in [6, 6.07) is 61.0. The van der Waals surface area contributed by atoms with Crippen LogP contribution in [-0.2, 0) is 0 Å². The van der Waals surface area contributed by atoms with Gasteiger partial charge >= 0.3 is 0 Å². The van der Waals surface area contributed by atoms with E-state index in [0.717, 1.165) is 49.8 Å². The molecule has 2 heterocycles. The van der Waals surface area contributed by atoms with Gasteiger partial charge in [0.25, 0.3) is 0 Å². The Morgan fingerprint density at radius 3 is 1.37 bits per heavy atom. The lowest BCUT2D eigenvalue weighted by molar-refractivity contribution is 0.669. The van der Waals surface area contributed by atoms with E-state index in [9.17, 15) is 0 Å². The summed E-state index contributed by atoms with van der Waals surface area (Å²) in [6.07, 6.45) is 0. The number of furan rings is 1. The van der Waals surface area contributed by atoms with Gasteiger partial charge in [-0.2, -0.15) is 0 Å². The Balaban J connectivity index is 1.15. The second-order valence-electron chi connectivity index (χ2n) is 12.8. The van der Waals surface area contributed by atoms with Gasteiger partial charge < -0.3 is 4.42 Å². The predicted molar refractivity (Wildman–Crippen MR) is 209 cm³/mol. The van der Waals surface area contributed by atoms with Gasteiger partial charge in [-0.25, -0.2) is 15.0 Å². The van der Waals surface area contributed by atoms with Crippen molar-refractivity contribution in [1.29, 1.82) is 0 Å². The lowest BCUT2D eigenvalue weighted by Gasteiger charge is -2.10. The maximum atomic E-state index is 6.43. The summed E-state index contributed by atoms with van der Waals surface area (Å²) < 4.78 is 6.43. The highest BCUT2D eigenvalue weighted by molar-refractivity contribution is 6.26. The highest BCUT2D eigenvalue weighted by Gasteiger charge is 2.17. The lowest BCUT2D eigenvalue weighted by Crippen LogP contribution is -2.00. The number of fused-ring (bicyclic) bond motifs is 7. The number of aromatic nitrogens is 3. The van der Waals surface area contributed by atoms with Crippen LogP contribution in [0.25, 0.3) is 99.9 Å². The minimum atomic E-state index is 0.607. The second kappa shape index (κ2) is 11.9. The van der Waals surface area contributed by atoms with Crippen molar-refractivity contribution in [3.63, 3.8) is 0 Å². The molecule has 4 heteroatoms. The molecular formula is C47H29N3O. The monoisotopic (exact) mass is 651 g/mol. The normalized spacial score (nSPS) is 11.5. The maximum Gasteiger partial charge on any atom is 0.164 e. The molecule has 0 bridgehead atoms. The molecule has 0 saturated heterocycles. The van der Waals surface area contributed by atoms with Crippen LogP contribution in [0.1, 0.15) is 0 Å². The van der Waals surface area contributed by atoms with E-state index in [1.165, 1.54) is 32.7 Å². The Bertz CT molecular complexity index is 2780. The molecule has 4 nitrogen and oxygen atoms in total. The number of nitrogens with zero attached hydrogens (tertiary/aromatic N) is 3. The summed E-state index contributed by atoms with van der Waals surface area (Å²) in [4.78, 5) is 15.2. The maximum absolute atomic E-state index is 6.43. The first kappa shape index (κ1) is 29.0. The first-order valence-electron chi connectivity index (χ1n) is 17.1. The van der Waals surface area contributed by atoms with Gasteiger partial charge in [0, 0.05) is 32.8 Å². The first-order chi connectivity index (χ1) is 25.2. The highest BCUT2D eigenvalue weighted by atomic mass is 16.3. The highest BCUT2D eigenvalue weighted by Crippen LogP contribution is 2.40. The number of rotatable bonds is 5. The van der Waals surface area contributed by atoms with Crippen LogP contribution in [0.3, 0.4) is 0 Å². The third-order valence-corrected chi connectivity index (χ3v) is 9.73. The SMILES string of the molecule is c1ccc(-c2ccc(-c3nc(-c4ccc(-c5ccccc5)cc4)nc(-c4ccc5oc6ccc7ccc8ccccc8c7c6c5c4)n3)cc2)cc1. The zero-order chi connectivity index (χ0) is 33.7. The fraction of sp³-hybridized carbons (Fsp3) is 0. The minimum absolute atomic E-state index is 0.607. The Kier molecular flexibility index (Phi) is 6.78. The van der Waals surface area contributed by atoms with Crippen LogP contribution in [0.5, 0.6) is 0 Å². The van der Waals surface area contributed by atoms with Crippen molar-refractivity contribution in [2.75, 3.05) is 0 Å². The summed E-state index contributed by atoms with van der Waals surface area (Å²) >= 11 is 0. The van der Waals surface area contributed by atoms with Gasteiger partial charge in [0.15, 0.2) is 17.5 Å². The molecule has 10 aromatic rings. The molecule has 2 aromatic heterocycles. The summed E-state index contributed by atoms with van der Waals surface area (Å²) in [5, 5.41) is 6.91. The first-order valence-corrected chi connectivity index (χ1v) is 17.1. The van der Waals surface area contributed by atoms with E-state index in [2.05, 4.69) is 152 Å². The molecule has 0 aliphatic heterocycles. The van der Waals surface area contributed by atoms with Crippen molar-refractivity contribution < 1.29 is 4.42 Å². The summed E-state index contributed by atoms with van der Waals surface area (Å²) in [7, 11) is 0. The number of hydrogen-bond donors (Lipinski definition) is 0. The van der Waals surface area contributed by atoms with Gasteiger partial charge in [-0.15, -0.1) is 0 Å². The third kappa shape index (κ3) is 5.13. The van der Waals surface area contributed by atoms with Crippen LogP contribution in [0.4, 0.5) is 0 Å². The summed E-state index contributed by atoms with van der Waals surface area (Å²) in [6.45, 7) is 0. The molecule has 51 heavy (non-hydrogen) atoms. The van der Waals surface area contributed by atoms with Gasteiger partial charge in [0.05, 0.1) is 0 Å². The van der Waals surface area contributed by atoms with Crippen molar-refractivity contribution in [2.45, 2.75) is 0 Å². The van der Waals surface area contributed by atoms with E-state index in [4.69, 9.17) is 19.4 Å². The Labute approximate surface area is 294 Å². The molecule has 0 radical (unpaired) electrons. The average Bonchev–Trinajstić information content (AvgIpc) is 3.59. The standard InChI is InChI=1S/C47H29N3O/c1-3-9-30(10-4-1)32-15-21-36(22-16-32)45-48-46(37-23-17-33(18-24-37)31-11-5-2-6-12-31)50-47(49-45)38-26-27-41-40(29-38)44-42(51-41)28-25-35-20-19-34-13-7-8-14-39(34)43(35)44/h1-29H. The van der Waals surface area contributed by atoms with Crippen molar-refractivity contribution in [3.05, 3.63) is 176 Å². The third-order valence-electron chi connectivity index (χ3n) is 9.73. The number of benzene rings is 8.